The molecule has 2 unspecified atom stereocenters. The van der Waals surface area contributed by atoms with Gasteiger partial charge in [-0.05, 0) is 50.6 Å². The summed E-state index contributed by atoms with van der Waals surface area (Å²) in [5, 5.41) is 28.7. The number of benzene rings is 2. The van der Waals surface area contributed by atoms with Gasteiger partial charge in [-0.1, -0.05) is 18.2 Å². The molecule has 6 heteroatoms. The first-order valence-corrected chi connectivity index (χ1v) is 9.42. The Morgan fingerprint density at radius 2 is 1.41 bits per heavy atom. The molecule has 3 rings (SSSR count). The van der Waals surface area contributed by atoms with Crippen LogP contribution in [0.25, 0.3) is 0 Å². The fourth-order valence-corrected chi connectivity index (χ4v) is 2.27. The second-order valence-corrected chi connectivity index (χ2v) is 6.68. The van der Waals surface area contributed by atoms with E-state index in [1.807, 2.05) is 48.5 Å². The highest BCUT2D eigenvalue weighted by atomic mass is 16.5. The first-order valence-electron chi connectivity index (χ1n) is 9.42. The van der Waals surface area contributed by atoms with Crippen LogP contribution >= 0.6 is 0 Å². The van der Waals surface area contributed by atoms with Crippen molar-refractivity contribution in [2.24, 2.45) is 0 Å². The predicted molar refractivity (Wildman–Crippen MR) is 112 cm³/mol. The zero-order valence-corrected chi connectivity index (χ0v) is 16.1. The SMILES string of the molecule is C1COC1.CC(O)CNc1ccc(Nc2ccccc2)cc1NCC(C)O. The summed E-state index contributed by atoms with van der Waals surface area (Å²) in [5.74, 6) is 0. The van der Waals surface area contributed by atoms with Gasteiger partial charge in [0.2, 0.25) is 0 Å². The summed E-state index contributed by atoms with van der Waals surface area (Å²) < 4.78 is 4.72. The maximum absolute atomic E-state index is 9.49. The van der Waals surface area contributed by atoms with Gasteiger partial charge in [-0.3, -0.25) is 0 Å². The zero-order valence-electron chi connectivity index (χ0n) is 16.1. The number of anilines is 4. The van der Waals surface area contributed by atoms with Crippen LogP contribution in [0.3, 0.4) is 0 Å². The van der Waals surface area contributed by atoms with Crippen molar-refractivity contribution >= 4 is 22.7 Å². The largest absolute Gasteiger partial charge is 0.392 e. The highest BCUT2D eigenvalue weighted by molar-refractivity contribution is 5.76. The summed E-state index contributed by atoms with van der Waals surface area (Å²) in [4.78, 5) is 0. The van der Waals surface area contributed by atoms with Crippen molar-refractivity contribution < 1.29 is 14.9 Å². The van der Waals surface area contributed by atoms with E-state index >= 15 is 0 Å². The Balaban J connectivity index is 0.000000576. The molecule has 0 spiro atoms. The lowest BCUT2D eigenvalue weighted by molar-refractivity contribution is 0.0367. The Morgan fingerprint density at radius 3 is 1.93 bits per heavy atom. The number of nitrogens with one attached hydrogen (secondary N) is 3. The van der Waals surface area contributed by atoms with Crippen LogP contribution in [0.2, 0.25) is 0 Å². The molecule has 0 aromatic heterocycles. The Morgan fingerprint density at radius 1 is 0.852 bits per heavy atom. The molecular weight excluding hydrogens is 342 g/mol. The summed E-state index contributed by atoms with van der Waals surface area (Å²) in [6.07, 6.45) is 0.409. The van der Waals surface area contributed by atoms with Gasteiger partial charge in [-0.25, -0.2) is 0 Å². The molecule has 0 amide bonds. The molecule has 2 aromatic rings. The van der Waals surface area contributed by atoms with Gasteiger partial charge in [0.05, 0.1) is 23.6 Å². The van der Waals surface area contributed by atoms with Crippen molar-refractivity contribution in [1.82, 2.24) is 0 Å². The molecular formula is C21H31N3O3. The topological polar surface area (TPSA) is 85.8 Å². The zero-order chi connectivity index (χ0) is 19.5. The predicted octanol–water partition coefficient (Wildman–Crippen LogP) is 3.42. The number of hydrogen-bond acceptors (Lipinski definition) is 6. The van der Waals surface area contributed by atoms with E-state index in [4.69, 9.17) is 4.74 Å². The first kappa shape index (κ1) is 21.0. The van der Waals surface area contributed by atoms with Crippen LogP contribution in [0.1, 0.15) is 20.3 Å². The molecule has 0 aliphatic carbocycles. The van der Waals surface area contributed by atoms with Crippen LogP contribution in [0.15, 0.2) is 48.5 Å². The van der Waals surface area contributed by atoms with Crippen molar-refractivity contribution in [2.75, 3.05) is 42.3 Å². The van der Waals surface area contributed by atoms with Crippen molar-refractivity contribution in [3.8, 4) is 0 Å². The summed E-state index contributed by atoms with van der Waals surface area (Å²) in [7, 11) is 0. The highest BCUT2D eigenvalue weighted by Crippen LogP contribution is 2.27. The third-order valence-corrected chi connectivity index (χ3v) is 3.84. The Hall–Kier alpha value is -2.28. The molecule has 0 saturated carbocycles. The number of ether oxygens (including phenoxy) is 1. The lowest BCUT2D eigenvalue weighted by atomic mass is 10.2. The third kappa shape index (κ3) is 8.30. The average molecular weight is 373 g/mol. The molecule has 1 aliphatic rings. The highest BCUT2D eigenvalue weighted by Gasteiger charge is 2.06. The van der Waals surface area contributed by atoms with E-state index in [1.54, 1.807) is 13.8 Å². The Bertz CT molecular complexity index is 655. The normalized spacial score (nSPS) is 14.8. The lowest BCUT2D eigenvalue weighted by Gasteiger charge is -2.17. The van der Waals surface area contributed by atoms with Gasteiger partial charge in [0.1, 0.15) is 0 Å². The van der Waals surface area contributed by atoms with E-state index in [1.165, 1.54) is 6.42 Å². The van der Waals surface area contributed by atoms with Gasteiger partial charge < -0.3 is 30.9 Å². The van der Waals surface area contributed by atoms with E-state index in [0.717, 1.165) is 36.0 Å². The van der Waals surface area contributed by atoms with E-state index < -0.39 is 12.2 Å². The van der Waals surface area contributed by atoms with Crippen molar-refractivity contribution in [3.63, 3.8) is 0 Å². The molecule has 5 N–H and O–H groups in total. The second kappa shape index (κ2) is 11.4. The van der Waals surface area contributed by atoms with Crippen LogP contribution in [0.5, 0.6) is 0 Å². The number of aliphatic hydroxyl groups is 2. The summed E-state index contributed by atoms with van der Waals surface area (Å²) in [6.45, 7) is 6.40. The maximum atomic E-state index is 9.49. The first-order chi connectivity index (χ1) is 13.0. The van der Waals surface area contributed by atoms with Crippen LogP contribution in [0.4, 0.5) is 22.7 Å². The molecule has 0 bridgehead atoms. The minimum absolute atomic E-state index is 0.429. The molecule has 1 aliphatic heterocycles. The molecule has 1 fully saturated rings. The summed E-state index contributed by atoms with van der Waals surface area (Å²) >= 11 is 0. The van der Waals surface area contributed by atoms with Crippen LogP contribution < -0.4 is 16.0 Å². The van der Waals surface area contributed by atoms with E-state index in [-0.39, 0.29) is 0 Å². The molecule has 6 nitrogen and oxygen atoms in total. The van der Waals surface area contributed by atoms with E-state index in [0.29, 0.717) is 13.1 Å². The maximum Gasteiger partial charge on any atom is 0.0684 e. The van der Waals surface area contributed by atoms with Crippen LogP contribution in [-0.2, 0) is 4.74 Å². The number of aliphatic hydroxyl groups excluding tert-OH is 2. The Kier molecular flexibility index (Phi) is 8.91. The standard InChI is InChI=1S/C18H25N3O2.C3H6O/c1-13(22)11-19-17-9-8-16(10-18(17)20-12-14(2)23)21-15-6-4-3-5-7-15;1-2-4-3-1/h3-10,13-14,19-23H,11-12H2,1-2H3;1-3H2. The van der Waals surface area contributed by atoms with Crippen molar-refractivity contribution in [1.29, 1.82) is 0 Å². The van der Waals surface area contributed by atoms with Crippen molar-refractivity contribution in [3.05, 3.63) is 48.5 Å². The molecule has 2 atom stereocenters. The quantitative estimate of drug-likeness (QED) is 0.487. The summed E-state index contributed by atoms with van der Waals surface area (Å²) in [5.41, 5.74) is 3.74. The second-order valence-electron chi connectivity index (χ2n) is 6.68. The third-order valence-electron chi connectivity index (χ3n) is 3.84. The Labute approximate surface area is 161 Å². The number of para-hydroxylation sites is 1. The van der Waals surface area contributed by atoms with Gasteiger partial charge in [0.25, 0.3) is 0 Å². The van der Waals surface area contributed by atoms with Gasteiger partial charge in [0, 0.05) is 37.7 Å². The average Bonchev–Trinajstić information content (AvgIpc) is 2.58. The number of rotatable bonds is 8. The van der Waals surface area contributed by atoms with Crippen LogP contribution in [0, 0.1) is 0 Å². The number of hydrogen-bond donors (Lipinski definition) is 5. The summed E-state index contributed by atoms with van der Waals surface area (Å²) in [6, 6.07) is 15.9. The fraction of sp³-hybridized carbons (Fsp3) is 0.429. The molecule has 0 radical (unpaired) electrons. The van der Waals surface area contributed by atoms with E-state index in [9.17, 15) is 10.2 Å². The fourth-order valence-electron chi connectivity index (χ4n) is 2.27. The minimum Gasteiger partial charge on any atom is -0.392 e. The monoisotopic (exact) mass is 373 g/mol. The van der Waals surface area contributed by atoms with Gasteiger partial charge in [-0.2, -0.15) is 0 Å². The lowest BCUT2D eigenvalue weighted by Crippen LogP contribution is -2.19. The van der Waals surface area contributed by atoms with Crippen molar-refractivity contribution in [2.45, 2.75) is 32.5 Å². The van der Waals surface area contributed by atoms with Crippen LogP contribution in [-0.4, -0.2) is 48.7 Å². The molecule has 1 saturated heterocycles. The molecule has 27 heavy (non-hydrogen) atoms. The van der Waals surface area contributed by atoms with Gasteiger partial charge in [-0.15, -0.1) is 0 Å². The molecule has 148 valence electrons. The minimum atomic E-state index is -0.439. The smallest absolute Gasteiger partial charge is 0.0684 e. The van der Waals surface area contributed by atoms with Gasteiger partial charge in [0.15, 0.2) is 0 Å². The molecule has 1 heterocycles. The molecule has 2 aromatic carbocycles. The van der Waals surface area contributed by atoms with Gasteiger partial charge >= 0.3 is 0 Å². The van der Waals surface area contributed by atoms with E-state index in [2.05, 4.69) is 16.0 Å².